The van der Waals surface area contributed by atoms with Gasteiger partial charge in [0.1, 0.15) is 6.33 Å². The maximum atomic E-state index is 4.49. The number of hydrogen-bond acceptors (Lipinski definition) is 5. The first kappa shape index (κ1) is 15.1. The maximum Gasteiger partial charge on any atom is 0.183 e. The van der Waals surface area contributed by atoms with Gasteiger partial charge >= 0.3 is 0 Å². The molecule has 2 aromatic heterocycles. The molecule has 0 spiro atoms. The first-order valence-electron chi connectivity index (χ1n) is 8.31. The van der Waals surface area contributed by atoms with Gasteiger partial charge in [-0.25, -0.2) is 14.6 Å². The van der Waals surface area contributed by atoms with Crippen LogP contribution in [0.5, 0.6) is 0 Å². The molecule has 1 aliphatic heterocycles. The number of benzene rings is 1. The Morgan fingerprint density at radius 2 is 1.92 bits per heavy atom. The average Bonchev–Trinajstić information content (AvgIpc) is 2.94. The van der Waals surface area contributed by atoms with Crippen molar-refractivity contribution in [1.29, 1.82) is 0 Å². The minimum absolute atomic E-state index is 0.157. The standard InChI is InChI=1S/C18H22N6/c1-18(2,3)14-6-5-12-7-8-24(10-13(12)9-14)17-15-16(19-11-20-17)23(4)22-21-15/h5-6,9,11H,7-8,10H2,1-4H3. The molecule has 0 aliphatic carbocycles. The van der Waals surface area contributed by atoms with E-state index in [1.54, 1.807) is 11.0 Å². The third kappa shape index (κ3) is 2.42. The summed E-state index contributed by atoms with van der Waals surface area (Å²) >= 11 is 0. The Bertz CT molecular complexity index is 906. The summed E-state index contributed by atoms with van der Waals surface area (Å²) in [7, 11) is 1.85. The molecule has 0 bridgehead atoms. The first-order chi connectivity index (χ1) is 11.4. The van der Waals surface area contributed by atoms with Gasteiger partial charge in [-0.1, -0.05) is 44.2 Å². The highest BCUT2D eigenvalue weighted by Crippen LogP contribution is 2.30. The summed E-state index contributed by atoms with van der Waals surface area (Å²) in [6.45, 7) is 8.54. The van der Waals surface area contributed by atoms with Gasteiger partial charge in [-0.3, -0.25) is 0 Å². The fraction of sp³-hybridized carbons (Fsp3) is 0.444. The molecular weight excluding hydrogens is 300 g/mol. The molecule has 4 rings (SSSR count). The molecule has 0 unspecified atom stereocenters. The van der Waals surface area contributed by atoms with Crippen molar-refractivity contribution in [3.05, 3.63) is 41.2 Å². The maximum absolute atomic E-state index is 4.49. The van der Waals surface area contributed by atoms with Crippen molar-refractivity contribution >= 4 is 17.0 Å². The monoisotopic (exact) mass is 322 g/mol. The van der Waals surface area contributed by atoms with E-state index in [4.69, 9.17) is 0 Å². The molecule has 0 fully saturated rings. The number of aryl methyl sites for hydroxylation is 1. The number of hydrogen-bond donors (Lipinski definition) is 0. The van der Waals surface area contributed by atoms with Gasteiger partial charge in [0, 0.05) is 20.1 Å². The van der Waals surface area contributed by atoms with Gasteiger partial charge in [-0.05, 0) is 28.5 Å². The summed E-state index contributed by atoms with van der Waals surface area (Å²) in [5.41, 5.74) is 5.89. The van der Waals surface area contributed by atoms with Crippen molar-refractivity contribution in [2.24, 2.45) is 7.05 Å². The molecule has 0 saturated heterocycles. The summed E-state index contributed by atoms with van der Waals surface area (Å²) in [5.74, 6) is 0.875. The van der Waals surface area contributed by atoms with E-state index in [1.807, 2.05) is 7.05 Å². The van der Waals surface area contributed by atoms with E-state index in [0.717, 1.165) is 36.5 Å². The Morgan fingerprint density at radius 3 is 2.71 bits per heavy atom. The fourth-order valence-corrected chi connectivity index (χ4v) is 3.28. The normalized spacial score (nSPS) is 14.9. The van der Waals surface area contributed by atoms with Gasteiger partial charge < -0.3 is 4.90 Å². The number of aromatic nitrogens is 5. The SMILES string of the molecule is Cn1nnc2c(N3CCc4ccc(C(C)(C)C)cc4C3)ncnc21. The molecule has 0 atom stereocenters. The number of nitrogens with zero attached hydrogens (tertiary/aromatic N) is 6. The van der Waals surface area contributed by atoms with Crippen LogP contribution in [0.3, 0.4) is 0 Å². The quantitative estimate of drug-likeness (QED) is 0.689. The molecule has 0 saturated carbocycles. The number of rotatable bonds is 1. The Balaban J connectivity index is 1.73. The van der Waals surface area contributed by atoms with Gasteiger partial charge in [0.25, 0.3) is 0 Å². The minimum Gasteiger partial charge on any atom is -0.350 e. The molecule has 0 radical (unpaired) electrons. The first-order valence-corrected chi connectivity index (χ1v) is 8.31. The van der Waals surface area contributed by atoms with Crippen LogP contribution in [0.4, 0.5) is 5.82 Å². The predicted molar refractivity (Wildman–Crippen MR) is 94.0 cm³/mol. The molecule has 3 aromatic rings. The van der Waals surface area contributed by atoms with Crippen LogP contribution in [0, 0.1) is 0 Å². The lowest BCUT2D eigenvalue weighted by atomic mass is 9.84. The second-order valence-corrected chi connectivity index (χ2v) is 7.49. The van der Waals surface area contributed by atoms with E-state index in [2.05, 4.69) is 64.2 Å². The van der Waals surface area contributed by atoms with Crippen LogP contribution in [-0.2, 0) is 25.4 Å². The summed E-state index contributed by atoms with van der Waals surface area (Å²) in [4.78, 5) is 11.1. The van der Waals surface area contributed by atoms with E-state index in [-0.39, 0.29) is 5.41 Å². The lowest BCUT2D eigenvalue weighted by Gasteiger charge is -2.31. The molecule has 0 N–H and O–H groups in total. The highest BCUT2D eigenvalue weighted by Gasteiger charge is 2.23. The van der Waals surface area contributed by atoms with Crippen LogP contribution < -0.4 is 4.90 Å². The number of anilines is 1. The molecule has 6 heteroatoms. The smallest absolute Gasteiger partial charge is 0.183 e. The van der Waals surface area contributed by atoms with Crippen molar-refractivity contribution in [3.63, 3.8) is 0 Å². The van der Waals surface area contributed by atoms with Gasteiger partial charge in [-0.2, -0.15) is 0 Å². The van der Waals surface area contributed by atoms with Crippen LogP contribution >= 0.6 is 0 Å². The minimum atomic E-state index is 0.157. The topological polar surface area (TPSA) is 59.7 Å². The summed E-state index contributed by atoms with van der Waals surface area (Å²) < 4.78 is 1.69. The van der Waals surface area contributed by atoms with Crippen molar-refractivity contribution in [2.45, 2.75) is 39.2 Å². The van der Waals surface area contributed by atoms with Crippen LogP contribution in [-0.4, -0.2) is 31.5 Å². The van der Waals surface area contributed by atoms with Crippen LogP contribution in [0.15, 0.2) is 24.5 Å². The van der Waals surface area contributed by atoms with Crippen molar-refractivity contribution in [1.82, 2.24) is 25.0 Å². The van der Waals surface area contributed by atoms with Crippen molar-refractivity contribution in [3.8, 4) is 0 Å². The van der Waals surface area contributed by atoms with Gasteiger partial charge in [0.2, 0.25) is 0 Å². The molecule has 24 heavy (non-hydrogen) atoms. The Morgan fingerprint density at radius 1 is 1.08 bits per heavy atom. The third-order valence-corrected chi connectivity index (χ3v) is 4.75. The van der Waals surface area contributed by atoms with Crippen molar-refractivity contribution < 1.29 is 0 Å². The Kier molecular flexibility index (Phi) is 3.30. The van der Waals surface area contributed by atoms with Gasteiger partial charge in [-0.15, -0.1) is 5.10 Å². The van der Waals surface area contributed by atoms with E-state index >= 15 is 0 Å². The van der Waals surface area contributed by atoms with Crippen LogP contribution in [0.2, 0.25) is 0 Å². The third-order valence-electron chi connectivity index (χ3n) is 4.75. The summed E-state index contributed by atoms with van der Waals surface area (Å²) in [6.07, 6.45) is 2.62. The Labute approximate surface area is 141 Å². The van der Waals surface area contributed by atoms with Crippen LogP contribution in [0.25, 0.3) is 11.2 Å². The highest BCUT2D eigenvalue weighted by atomic mass is 15.4. The highest BCUT2D eigenvalue weighted by molar-refractivity contribution is 5.82. The summed E-state index contributed by atoms with van der Waals surface area (Å²) in [5, 5.41) is 8.33. The molecule has 124 valence electrons. The molecule has 1 aromatic carbocycles. The molecule has 1 aliphatic rings. The largest absolute Gasteiger partial charge is 0.350 e. The lowest BCUT2D eigenvalue weighted by molar-refractivity contribution is 0.587. The fourth-order valence-electron chi connectivity index (χ4n) is 3.28. The molecule has 6 nitrogen and oxygen atoms in total. The second-order valence-electron chi connectivity index (χ2n) is 7.49. The van der Waals surface area contributed by atoms with Crippen molar-refractivity contribution in [2.75, 3.05) is 11.4 Å². The zero-order valence-corrected chi connectivity index (χ0v) is 14.6. The molecule has 0 amide bonds. The second kappa shape index (κ2) is 5.26. The Hall–Kier alpha value is -2.50. The zero-order chi connectivity index (χ0) is 16.9. The van der Waals surface area contributed by atoms with Crippen LogP contribution in [0.1, 0.15) is 37.5 Å². The van der Waals surface area contributed by atoms with E-state index in [1.165, 1.54) is 16.7 Å². The average molecular weight is 322 g/mol. The molecule has 3 heterocycles. The lowest BCUT2D eigenvalue weighted by Crippen LogP contribution is -2.31. The number of fused-ring (bicyclic) bond motifs is 2. The van der Waals surface area contributed by atoms with E-state index < -0.39 is 0 Å². The van der Waals surface area contributed by atoms with Gasteiger partial charge in [0.05, 0.1) is 0 Å². The predicted octanol–water partition coefficient (Wildman–Crippen LogP) is 2.62. The summed E-state index contributed by atoms with van der Waals surface area (Å²) in [6, 6.07) is 6.89. The van der Waals surface area contributed by atoms with E-state index in [0.29, 0.717) is 0 Å². The van der Waals surface area contributed by atoms with Gasteiger partial charge in [0.15, 0.2) is 17.0 Å². The zero-order valence-electron chi connectivity index (χ0n) is 14.6. The molecular formula is C18H22N6. The van der Waals surface area contributed by atoms with E-state index in [9.17, 15) is 0 Å².